The van der Waals surface area contributed by atoms with Crippen LogP contribution in [0.15, 0.2) is 28.8 Å². The van der Waals surface area contributed by atoms with Crippen molar-refractivity contribution >= 4 is 39.8 Å². The highest BCUT2D eigenvalue weighted by Crippen LogP contribution is 2.38. The van der Waals surface area contributed by atoms with E-state index in [9.17, 15) is 9.59 Å². The minimum absolute atomic E-state index is 0.275. The van der Waals surface area contributed by atoms with Crippen molar-refractivity contribution in [1.29, 1.82) is 0 Å². The number of aryl methyl sites for hydroxylation is 1. The summed E-state index contributed by atoms with van der Waals surface area (Å²) in [4.78, 5) is 28.5. The number of benzene rings is 1. The molecule has 0 fully saturated rings. The molecule has 0 unspecified atom stereocenters. The van der Waals surface area contributed by atoms with Gasteiger partial charge in [-0.2, -0.15) is 0 Å². The van der Waals surface area contributed by atoms with Crippen LogP contribution in [0.4, 0.5) is 5.00 Å². The lowest BCUT2D eigenvalue weighted by Crippen LogP contribution is -2.27. The maximum atomic E-state index is 13.1. The fourth-order valence-corrected chi connectivity index (χ4v) is 5.08. The minimum Gasteiger partial charge on any atom is -0.365 e. The number of halogens is 1. The normalized spacial score (nSPS) is 13.9. The molecule has 0 bridgehead atoms. The number of thiophene rings is 1. The molecule has 7 nitrogen and oxygen atoms in total. The zero-order valence-corrected chi connectivity index (χ0v) is 17.5. The van der Waals surface area contributed by atoms with E-state index >= 15 is 0 Å². The van der Waals surface area contributed by atoms with E-state index in [2.05, 4.69) is 15.4 Å². The number of nitrogens with zero attached hydrogens (tertiary/aromatic N) is 2. The summed E-state index contributed by atoms with van der Waals surface area (Å²) in [5, 5.41) is 7.79. The lowest BCUT2D eigenvalue weighted by molar-refractivity contribution is 0.1000. The van der Waals surface area contributed by atoms with Crippen molar-refractivity contribution in [3.8, 4) is 11.3 Å². The third kappa shape index (κ3) is 3.55. The van der Waals surface area contributed by atoms with E-state index in [0.29, 0.717) is 45.6 Å². The SMILES string of the molecule is Cc1onc(-c2ccccc2Cl)c1C(=O)Nc1sc2c(c1C(N)=O)CCN(C)C2. The average molecular weight is 431 g/mol. The molecule has 4 rings (SSSR count). The molecule has 3 N–H and O–H groups in total. The van der Waals surface area contributed by atoms with Crippen molar-refractivity contribution in [2.45, 2.75) is 19.9 Å². The van der Waals surface area contributed by atoms with Crippen molar-refractivity contribution in [2.24, 2.45) is 5.73 Å². The van der Waals surface area contributed by atoms with E-state index in [4.69, 9.17) is 21.9 Å². The van der Waals surface area contributed by atoms with Gasteiger partial charge in [-0.3, -0.25) is 9.59 Å². The highest BCUT2D eigenvalue weighted by molar-refractivity contribution is 7.17. The fourth-order valence-electron chi connectivity index (χ4n) is 3.52. The van der Waals surface area contributed by atoms with Gasteiger partial charge in [-0.1, -0.05) is 35.0 Å². The average Bonchev–Trinajstić information content (AvgIpc) is 3.21. The van der Waals surface area contributed by atoms with Crippen LogP contribution in [0.3, 0.4) is 0 Å². The number of likely N-dealkylation sites (N-methyl/N-ethyl adjacent to an activating group) is 1. The van der Waals surface area contributed by atoms with E-state index in [1.165, 1.54) is 11.3 Å². The van der Waals surface area contributed by atoms with Crippen LogP contribution in [0, 0.1) is 6.92 Å². The molecule has 1 aliphatic rings. The second-order valence-electron chi connectivity index (χ2n) is 6.96. The van der Waals surface area contributed by atoms with Crippen molar-refractivity contribution in [2.75, 3.05) is 18.9 Å². The number of aromatic nitrogens is 1. The van der Waals surface area contributed by atoms with Gasteiger partial charge in [0.25, 0.3) is 11.8 Å². The summed E-state index contributed by atoms with van der Waals surface area (Å²) in [6, 6.07) is 7.09. The minimum atomic E-state index is -0.546. The molecule has 1 aliphatic heterocycles. The fraction of sp³-hybridized carbons (Fsp3) is 0.250. The Hall–Kier alpha value is -2.68. The molecule has 3 aromatic rings. The second kappa shape index (κ2) is 7.62. The van der Waals surface area contributed by atoms with Crippen LogP contribution in [-0.2, 0) is 13.0 Å². The van der Waals surface area contributed by atoms with Gasteiger partial charge < -0.3 is 20.5 Å². The summed E-state index contributed by atoms with van der Waals surface area (Å²) in [5.74, 6) is -0.608. The summed E-state index contributed by atoms with van der Waals surface area (Å²) < 4.78 is 5.27. The number of hydrogen-bond donors (Lipinski definition) is 2. The molecule has 0 spiro atoms. The molecule has 3 heterocycles. The van der Waals surface area contributed by atoms with Crippen molar-refractivity contribution in [3.05, 3.63) is 56.6 Å². The number of fused-ring (bicyclic) bond motifs is 1. The molecular weight excluding hydrogens is 412 g/mol. The Morgan fingerprint density at radius 1 is 1.31 bits per heavy atom. The second-order valence-corrected chi connectivity index (χ2v) is 8.47. The third-order valence-electron chi connectivity index (χ3n) is 4.94. The first-order valence-electron chi connectivity index (χ1n) is 9.02. The first kappa shape index (κ1) is 19.6. The van der Waals surface area contributed by atoms with Gasteiger partial charge in [0.15, 0.2) is 0 Å². The predicted molar refractivity (Wildman–Crippen MR) is 113 cm³/mol. The smallest absolute Gasteiger partial charge is 0.262 e. The molecule has 2 aromatic heterocycles. The molecular formula is C20H19ClN4O3S. The van der Waals surface area contributed by atoms with Crippen LogP contribution in [0.25, 0.3) is 11.3 Å². The Bertz CT molecular complexity index is 1120. The van der Waals surface area contributed by atoms with E-state index in [0.717, 1.165) is 17.0 Å². The van der Waals surface area contributed by atoms with Crippen LogP contribution in [0.2, 0.25) is 5.02 Å². The molecule has 2 amide bonds. The van der Waals surface area contributed by atoms with E-state index < -0.39 is 11.8 Å². The number of primary amides is 1. The third-order valence-corrected chi connectivity index (χ3v) is 6.40. The van der Waals surface area contributed by atoms with Gasteiger partial charge in [0.2, 0.25) is 0 Å². The predicted octanol–water partition coefficient (Wildman–Crippen LogP) is 3.70. The van der Waals surface area contributed by atoms with Gasteiger partial charge in [0.05, 0.1) is 10.6 Å². The van der Waals surface area contributed by atoms with Crippen LogP contribution in [0.1, 0.15) is 36.9 Å². The Kier molecular flexibility index (Phi) is 5.16. The Morgan fingerprint density at radius 2 is 2.07 bits per heavy atom. The van der Waals surface area contributed by atoms with Crippen LogP contribution in [0.5, 0.6) is 0 Å². The van der Waals surface area contributed by atoms with Crippen molar-refractivity contribution in [1.82, 2.24) is 10.1 Å². The number of rotatable bonds is 4. The number of anilines is 1. The molecule has 29 heavy (non-hydrogen) atoms. The van der Waals surface area contributed by atoms with E-state index in [1.807, 2.05) is 13.1 Å². The summed E-state index contributed by atoms with van der Waals surface area (Å²) in [5.41, 5.74) is 8.17. The lowest BCUT2D eigenvalue weighted by atomic mass is 10.0. The summed E-state index contributed by atoms with van der Waals surface area (Å²) in [7, 11) is 2.02. The first-order chi connectivity index (χ1) is 13.9. The highest BCUT2D eigenvalue weighted by Gasteiger charge is 2.29. The van der Waals surface area contributed by atoms with Crippen molar-refractivity contribution < 1.29 is 14.1 Å². The van der Waals surface area contributed by atoms with Gasteiger partial charge in [-0.05, 0) is 32.0 Å². The molecule has 1 aromatic carbocycles. The maximum absolute atomic E-state index is 13.1. The summed E-state index contributed by atoms with van der Waals surface area (Å²) >= 11 is 7.66. The molecule has 0 atom stereocenters. The molecule has 0 aliphatic carbocycles. The standard InChI is InChI=1S/C20H19ClN4O3S/c1-10-15(17(24-28-10)11-5-3-4-6-13(11)21)19(27)23-20-16(18(22)26)12-7-8-25(2)9-14(12)29-20/h3-6H,7-9H2,1-2H3,(H2,22,26)(H,23,27). The molecule has 0 saturated carbocycles. The summed E-state index contributed by atoms with van der Waals surface area (Å²) in [6.45, 7) is 3.21. The quantitative estimate of drug-likeness (QED) is 0.657. The van der Waals surface area contributed by atoms with Crippen LogP contribution < -0.4 is 11.1 Å². The number of nitrogens with two attached hydrogens (primary N) is 1. The number of amides is 2. The first-order valence-corrected chi connectivity index (χ1v) is 10.2. The number of carbonyl (C=O) groups excluding carboxylic acids is 2. The topological polar surface area (TPSA) is 101 Å². The van der Waals surface area contributed by atoms with E-state index in [1.54, 1.807) is 25.1 Å². The molecule has 0 radical (unpaired) electrons. The number of nitrogens with one attached hydrogen (secondary N) is 1. The number of hydrogen-bond acceptors (Lipinski definition) is 6. The Labute approximate surface area is 176 Å². The molecule has 0 saturated heterocycles. The van der Waals surface area contributed by atoms with Gasteiger partial charge in [-0.15, -0.1) is 11.3 Å². The zero-order chi connectivity index (χ0) is 20.7. The van der Waals surface area contributed by atoms with Gasteiger partial charge in [0.1, 0.15) is 22.0 Å². The molecule has 150 valence electrons. The van der Waals surface area contributed by atoms with Crippen LogP contribution in [-0.4, -0.2) is 35.5 Å². The van der Waals surface area contributed by atoms with Crippen molar-refractivity contribution in [3.63, 3.8) is 0 Å². The monoisotopic (exact) mass is 430 g/mol. The van der Waals surface area contributed by atoms with E-state index in [-0.39, 0.29) is 5.56 Å². The molecule has 9 heteroatoms. The largest absolute Gasteiger partial charge is 0.365 e. The van der Waals surface area contributed by atoms with Gasteiger partial charge in [0, 0.05) is 23.5 Å². The maximum Gasteiger partial charge on any atom is 0.262 e. The van der Waals surface area contributed by atoms with Gasteiger partial charge >= 0.3 is 0 Å². The number of carbonyl (C=O) groups is 2. The van der Waals surface area contributed by atoms with Gasteiger partial charge in [-0.25, -0.2) is 0 Å². The lowest BCUT2D eigenvalue weighted by Gasteiger charge is -2.22. The summed E-state index contributed by atoms with van der Waals surface area (Å²) in [6.07, 6.45) is 0.716. The zero-order valence-electron chi connectivity index (χ0n) is 15.9. The Morgan fingerprint density at radius 3 is 2.79 bits per heavy atom. The highest BCUT2D eigenvalue weighted by atomic mass is 35.5. The van der Waals surface area contributed by atoms with Crippen LogP contribution >= 0.6 is 22.9 Å². The Balaban J connectivity index is 1.73.